The first-order chi connectivity index (χ1) is 22.2. The van der Waals surface area contributed by atoms with E-state index in [1.165, 1.54) is 23.1 Å². The molecule has 0 aromatic heterocycles. The lowest BCUT2D eigenvalue weighted by molar-refractivity contribution is -0.181. The van der Waals surface area contributed by atoms with Crippen molar-refractivity contribution in [1.29, 1.82) is 0 Å². The van der Waals surface area contributed by atoms with Crippen molar-refractivity contribution < 1.29 is 35.6 Å². The van der Waals surface area contributed by atoms with Gasteiger partial charge in [-0.3, -0.25) is 14.3 Å². The first-order valence-electron chi connectivity index (χ1n) is 14.9. The number of hydrogen-bond acceptors (Lipinski definition) is 7. The highest BCUT2D eigenvalue weighted by atomic mass is 35.5. The molecule has 2 fully saturated rings. The Labute approximate surface area is 283 Å². The molecule has 252 valence electrons. The van der Waals surface area contributed by atoms with Gasteiger partial charge in [0.15, 0.2) is 0 Å². The Kier molecular flexibility index (Phi) is 10.4. The molecule has 15 heteroatoms. The van der Waals surface area contributed by atoms with Crippen molar-refractivity contribution in [2.75, 3.05) is 12.8 Å². The second-order valence-corrected chi connectivity index (χ2v) is 16.4. The number of carbonyl (C=O) groups is 2. The molecule has 0 radical (unpaired) electrons. The Bertz CT molecular complexity index is 1870. The maximum atomic E-state index is 14.8. The van der Waals surface area contributed by atoms with Crippen LogP contribution in [0, 0.1) is 5.82 Å². The number of nitrogens with one attached hydrogen (secondary N) is 2. The van der Waals surface area contributed by atoms with Gasteiger partial charge in [0.2, 0.25) is 26.0 Å². The molecule has 3 aromatic carbocycles. The number of rotatable bonds is 12. The zero-order valence-corrected chi connectivity index (χ0v) is 28.7. The van der Waals surface area contributed by atoms with Crippen LogP contribution >= 0.6 is 23.2 Å². The summed E-state index contributed by atoms with van der Waals surface area (Å²) in [5.41, 5.74) is 1.26. The highest BCUT2D eigenvalue weighted by Crippen LogP contribution is 2.53. The normalized spacial score (nSPS) is 21.7. The van der Waals surface area contributed by atoms with E-state index in [-0.39, 0.29) is 31.4 Å². The summed E-state index contributed by atoms with van der Waals surface area (Å²) in [5.74, 6) is -2.21. The minimum atomic E-state index is -4.12. The van der Waals surface area contributed by atoms with Crippen LogP contribution in [-0.4, -0.2) is 58.5 Å². The number of sulfonamides is 2. The summed E-state index contributed by atoms with van der Waals surface area (Å²) in [7, 11) is -8.05. The number of carbonyl (C=O) groups excluding carboxylic acids is 2. The largest absolute Gasteiger partial charge is 0.357 e. The summed E-state index contributed by atoms with van der Waals surface area (Å²) in [6.45, 7) is 1.56. The van der Waals surface area contributed by atoms with Crippen molar-refractivity contribution in [2.45, 2.75) is 61.6 Å². The lowest BCUT2D eigenvalue weighted by Crippen LogP contribution is -2.58. The van der Waals surface area contributed by atoms with Crippen LogP contribution in [0.2, 0.25) is 10.0 Å². The number of morpholine rings is 1. The zero-order chi connectivity index (χ0) is 34.1. The average Bonchev–Trinajstić information content (AvgIpc) is 3.81. The van der Waals surface area contributed by atoms with Gasteiger partial charge in [0.1, 0.15) is 22.8 Å². The molecule has 1 aliphatic carbocycles. The summed E-state index contributed by atoms with van der Waals surface area (Å²) in [5, 5.41) is 0.833. The number of hydrogen-bond donors (Lipinski definition) is 2. The van der Waals surface area contributed by atoms with Gasteiger partial charge >= 0.3 is 0 Å². The number of benzene rings is 3. The van der Waals surface area contributed by atoms with Crippen LogP contribution in [-0.2, 0) is 39.1 Å². The molecule has 1 aliphatic heterocycles. The van der Waals surface area contributed by atoms with E-state index in [4.69, 9.17) is 27.9 Å². The Balaban J connectivity index is 1.55. The van der Waals surface area contributed by atoms with Crippen LogP contribution in [0.5, 0.6) is 0 Å². The molecule has 0 spiro atoms. The molecule has 3 aromatic rings. The lowest BCUT2D eigenvalue weighted by Gasteiger charge is -2.48. The predicted octanol–water partition coefficient (Wildman–Crippen LogP) is 5.00. The van der Waals surface area contributed by atoms with E-state index in [1.54, 1.807) is 61.5 Å². The highest BCUT2D eigenvalue weighted by Gasteiger charge is 2.57. The second-order valence-electron chi connectivity index (χ2n) is 11.7. The second kappa shape index (κ2) is 13.8. The number of amides is 2. The molecule has 5 rings (SSSR count). The van der Waals surface area contributed by atoms with Crippen molar-refractivity contribution in [1.82, 2.24) is 14.3 Å². The zero-order valence-electron chi connectivity index (χ0n) is 25.5. The smallest absolute Gasteiger partial charge is 0.253 e. The fourth-order valence-electron chi connectivity index (χ4n) is 6.07. The van der Waals surface area contributed by atoms with Crippen LogP contribution in [0.3, 0.4) is 0 Å². The average molecular weight is 727 g/mol. The lowest BCUT2D eigenvalue weighted by atomic mass is 9.89. The molecule has 10 nitrogen and oxygen atoms in total. The molecule has 2 aliphatic rings. The van der Waals surface area contributed by atoms with Gasteiger partial charge in [0.05, 0.1) is 18.7 Å². The molecule has 47 heavy (non-hydrogen) atoms. The van der Waals surface area contributed by atoms with E-state index >= 15 is 0 Å². The van der Waals surface area contributed by atoms with Crippen LogP contribution in [0.15, 0.2) is 72.8 Å². The summed E-state index contributed by atoms with van der Waals surface area (Å²) >= 11 is 12.5. The van der Waals surface area contributed by atoms with Gasteiger partial charge in [-0.2, -0.15) is 0 Å². The molecule has 0 bridgehead atoms. The Morgan fingerprint density at radius 3 is 2.28 bits per heavy atom. The van der Waals surface area contributed by atoms with Crippen molar-refractivity contribution in [3.63, 3.8) is 0 Å². The van der Waals surface area contributed by atoms with Gasteiger partial charge in [0.25, 0.3) is 5.91 Å². The fourth-order valence-corrected chi connectivity index (χ4v) is 8.67. The van der Waals surface area contributed by atoms with Gasteiger partial charge in [0, 0.05) is 28.2 Å². The third-order valence-corrected chi connectivity index (χ3v) is 11.7. The number of nitrogens with zero attached hydrogens (tertiary/aromatic N) is 1. The van der Waals surface area contributed by atoms with Gasteiger partial charge in [-0.15, -0.1) is 0 Å². The van der Waals surface area contributed by atoms with Crippen molar-refractivity contribution in [3.05, 3.63) is 105 Å². The third-order valence-electron chi connectivity index (χ3n) is 8.44. The molecule has 1 saturated heterocycles. The standard InChI is InChI=1S/C32H34Cl2FN3O7S2/c1-3-24(19-36-47(43,44)32(15-16-32)25-9-4-5-10-26(25)35)38-29(20-11-13-22(33)14-12-20)30(21-7-6-8-23(34)17-21)45-27(31(38)40)18-28(39)37-46(2,41)42/h4-14,17,24,27,29-30,36H,3,15-16,18-19H2,1-2H3,(H,37,39)/t24-,27+,29+,30+/m0/s1. The highest BCUT2D eigenvalue weighted by molar-refractivity contribution is 7.90. The molecule has 2 amide bonds. The molecular weight excluding hydrogens is 692 g/mol. The van der Waals surface area contributed by atoms with E-state index in [0.29, 0.717) is 21.2 Å². The SMILES string of the molecule is CC[C@@H](CNS(=O)(=O)C1(c2ccccc2F)CC1)N1C(=O)[C@@H](CC(=O)NS(C)(=O)=O)O[C@H](c2cccc(Cl)c2)[C@H]1c1ccc(Cl)cc1. The quantitative estimate of drug-likeness (QED) is 0.268. The van der Waals surface area contributed by atoms with Crippen LogP contribution in [0.1, 0.15) is 61.4 Å². The monoisotopic (exact) mass is 725 g/mol. The van der Waals surface area contributed by atoms with E-state index in [1.807, 2.05) is 4.72 Å². The minimum Gasteiger partial charge on any atom is -0.357 e. The molecule has 2 N–H and O–H groups in total. The molecular formula is C32H34Cl2FN3O7S2. The van der Waals surface area contributed by atoms with Gasteiger partial charge in [-0.1, -0.05) is 72.6 Å². The van der Waals surface area contributed by atoms with E-state index < -0.39 is 73.1 Å². The van der Waals surface area contributed by atoms with Gasteiger partial charge in [-0.05, 0) is 60.7 Å². The summed E-state index contributed by atoms with van der Waals surface area (Å²) in [4.78, 5) is 28.5. The Hall–Kier alpha value is -3.07. The van der Waals surface area contributed by atoms with E-state index in [0.717, 1.165) is 6.26 Å². The van der Waals surface area contributed by atoms with Crippen molar-refractivity contribution in [3.8, 4) is 0 Å². The third kappa shape index (κ3) is 7.65. The number of halogens is 3. The molecule has 4 atom stereocenters. The Morgan fingerprint density at radius 1 is 1.00 bits per heavy atom. The van der Waals surface area contributed by atoms with Crippen LogP contribution < -0.4 is 9.44 Å². The van der Waals surface area contributed by atoms with E-state index in [9.17, 15) is 30.8 Å². The van der Waals surface area contributed by atoms with Gasteiger partial charge < -0.3 is 9.64 Å². The molecule has 1 heterocycles. The van der Waals surface area contributed by atoms with Crippen molar-refractivity contribution in [2.24, 2.45) is 0 Å². The fraction of sp³-hybridized carbons (Fsp3) is 0.375. The topological polar surface area (TPSA) is 139 Å². The Morgan fingerprint density at radius 2 is 1.68 bits per heavy atom. The number of ether oxygens (including phenoxy) is 1. The minimum absolute atomic E-state index is 0.0833. The van der Waals surface area contributed by atoms with E-state index in [2.05, 4.69) is 4.72 Å². The molecule has 1 saturated carbocycles. The maximum Gasteiger partial charge on any atom is 0.253 e. The first kappa shape index (κ1) is 35.2. The maximum absolute atomic E-state index is 14.8. The predicted molar refractivity (Wildman–Crippen MR) is 176 cm³/mol. The summed E-state index contributed by atoms with van der Waals surface area (Å²) in [6.07, 6.45) is -1.40. The van der Waals surface area contributed by atoms with Crippen molar-refractivity contribution >= 4 is 55.1 Å². The van der Waals surface area contributed by atoms with Gasteiger partial charge in [-0.25, -0.2) is 25.9 Å². The summed E-state index contributed by atoms with van der Waals surface area (Å²) < 4.78 is 75.2. The molecule has 0 unspecified atom stereocenters. The summed E-state index contributed by atoms with van der Waals surface area (Å²) in [6, 6.07) is 17.6. The van der Waals surface area contributed by atoms with Crippen LogP contribution in [0.4, 0.5) is 4.39 Å². The first-order valence-corrected chi connectivity index (χ1v) is 19.0. The van der Waals surface area contributed by atoms with Crippen LogP contribution in [0.25, 0.3) is 0 Å².